The summed E-state index contributed by atoms with van der Waals surface area (Å²) in [5, 5.41) is 14.5. The van der Waals surface area contributed by atoms with Crippen molar-refractivity contribution in [1.29, 1.82) is 0 Å². The molecule has 3 aromatic rings. The van der Waals surface area contributed by atoms with E-state index < -0.39 is 16.3 Å². The summed E-state index contributed by atoms with van der Waals surface area (Å²) in [6, 6.07) is 10.7. The number of hydrogen-bond acceptors (Lipinski definition) is 10. The Bertz CT molecular complexity index is 1310. The summed E-state index contributed by atoms with van der Waals surface area (Å²) >= 11 is 1.50. The SMILES string of the molecule is COc1ccc2nccc(CCN3CCN(NS(=O)(=O)c4ccc5c(c4)NC(O)CS5)CC3)c2n1. The van der Waals surface area contributed by atoms with Crippen molar-refractivity contribution in [3.63, 3.8) is 0 Å². The van der Waals surface area contributed by atoms with Crippen LogP contribution >= 0.6 is 11.8 Å². The number of ether oxygens (including phenoxy) is 1. The predicted molar refractivity (Wildman–Crippen MR) is 135 cm³/mol. The summed E-state index contributed by atoms with van der Waals surface area (Å²) in [6.07, 6.45) is 1.93. The molecule has 1 fully saturated rings. The van der Waals surface area contributed by atoms with E-state index in [9.17, 15) is 13.5 Å². The maximum absolute atomic E-state index is 13.0. The highest BCUT2D eigenvalue weighted by Gasteiger charge is 2.25. The van der Waals surface area contributed by atoms with E-state index in [4.69, 9.17) is 4.74 Å². The van der Waals surface area contributed by atoms with Gasteiger partial charge in [0.2, 0.25) is 5.88 Å². The third-order valence-electron chi connectivity index (χ3n) is 6.15. The number of piperazine rings is 1. The lowest BCUT2D eigenvalue weighted by molar-refractivity contribution is 0.117. The monoisotopic (exact) mass is 516 g/mol. The van der Waals surface area contributed by atoms with E-state index in [0.29, 0.717) is 30.4 Å². The topological polar surface area (TPSA) is 120 Å². The molecule has 0 aliphatic carbocycles. The Morgan fingerprint density at radius 3 is 2.83 bits per heavy atom. The standard InChI is InChI=1S/C23H28N6O4S2/c1-33-22-5-3-18-23(26-22)16(6-8-24-18)7-9-28-10-12-29(13-11-28)27-35(31,32)17-2-4-20-19(14-17)25-21(30)15-34-20/h2-6,8,14,21,25,27,30H,7,9-13,15H2,1H3. The molecule has 4 heterocycles. The maximum Gasteiger partial charge on any atom is 0.253 e. The molecule has 35 heavy (non-hydrogen) atoms. The molecule has 3 N–H and O–H groups in total. The second kappa shape index (κ2) is 10.2. The number of rotatable bonds is 7. The van der Waals surface area contributed by atoms with E-state index in [1.165, 1.54) is 11.8 Å². The summed E-state index contributed by atoms with van der Waals surface area (Å²) in [7, 11) is -2.11. The number of anilines is 1. The fourth-order valence-electron chi connectivity index (χ4n) is 4.25. The molecule has 1 unspecified atom stereocenters. The van der Waals surface area contributed by atoms with Crippen LogP contribution in [0.3, 0.4) is 0 Å². The molecule has 0 saturated carbocycles. The van der Waals surface area contributed by atoms with Gasteiger partial charge in [-0.05, 0) is 42.3 Å². The van der Waals surface area contributed by atoms with Crippen LogP contribution in [0.4, 0.5) is 5.69 Å². The number of methoxy groups -OCH3 is 1. The molecule has 2 aliphatic rings. The molecule has 1 atom stereocenters. The fourth-order valence-corrected chi connectivity index (χ4v) is 6.25. The predicted octanol–water partition coefficient (Wildman–Crippen LogP) is 1.53. The van der Waals surface area contributed by atoms with Crippen molar-refractivity contribution in [3.05, 3.63) is 48.2 Å². The third-order valence-corrected chi connectivity index (χ3v) is 8.67. The van der Waals surface area contributed by atoms with E-state index in [-0.39, 0.29) is 4.90 Å². The fraction of sp³-hybridized carbons (Fsp3) is 0.391. The Labute approximate surface area is 208 Å². The van der Waals surface area contributed by atoms with Gasteiger partial charge in [-0.25, -0.2) is 18.4 Å². The van der Waals surface area contributed by atoms with E-state index >= 15 is 0 Å². The molecule has 0 spiro atoms. The highest BCUT2D eigenvalue weighted by atomic mass is 32.2. The van der Waals surface area contributed by atoms with Crippen molar-refractivity contribution in [3.8, 4) is 5.88 Å². The first-order valence-electron chi connectivity index (χ1n) is 11.4. The number of aliphatic hydroxyl groups is 1. The summed E-state index contributed by atoms with van der Waals surface area (Å²) in [6.45, 7) is 3.50. The molecule has 0 amide bonds. The average molecular weight is 517 g/mol. The number of aromatic nitrogens is 2. The van der Waals surface area contributed by atoms with Crippen molar-refractivity contribution in [1.82, 2.24) is 24.7 Å². The van der Waals surface area contributed by atoms with E-state index in [1.54, 1.807) is 36.5 Å². The first-order valence-corrected chi connectivity index (χ1v) is 13.9. The van der Waals surface area contributed by atoms with Crippen LogP contribution in [-0.2, 0) is 16.4 Å². The molecule has 1 aromatic carbocycles. The minimum Gasteiger partial charge on any atom is -0.481 e. The zero-order valence-electron chi connectivity index (χ0n) is 19.3. The molecule has 10 nitrogen and oxygen atoms in total. The maximum atomic E-state index is 13.0. The minimum absolute atomic E-state index is 0.174. The van der Waals surface area contributed by atoms with Gasteiger partial charge < -0.3 is 20.1 Å². The summed E-state index contributed by atoms with van der Waals surface area (Å²) in [4.78, 5) is 15.1. The van der Waals surface area contributed by atoms with E-state index in [2.05, 4.69) is 25.0 Å². The average Bonchev–Trinajstić information content (AvgIpc) is 2.87. The smallest absolute Gasteiger partial charge is 0.253 e. The van der Waals surface area contributed by atoms with Gasteiger partial charge >= 0.3 is 0 Å². The Balaban J connectivity index is 1.17. The lowest BCUT2D eigenvalue weighted by Crippen LogP contribution is -2.53. The molecule has 186 valence electrons. The molecule has 0 radical (unpaired) electrons. The van der Waals surface area contributed by atoms with Crippen LogP contribution in [-0.4, -0.2) is 85.2 Å². The Hall–Kier alpha value is -2.48. The van der Waals surface area contributed by atoms with Gasteiger partial charge in [-0.1, -0.05) is 0 Å². The van der Waals surface area contributed by atoms with Crippen LogP contribution in [0.25, 0.3) is 11.0 Å². The number of nitrogens with zero attached hydrogens (tertiary/aromatic N) is 4. The first-order chi connectivity index (χ1) is 16.9. The zero-order chi connectivity index (χ0) is 24.4. The van der Waals surface area contributed by atoms with Crippen LogP contribution in [0.5, 0.6) is 5.88 Å². The quantitative estimate of drug-likeness (QED) is 0.426. The van der Waals surface area contributed by atoms with Crippen LogP contribution in [0.15, 0.2) is 52.4 Å². The van der Waals surface area contributed by atoms with E-state index in [0.717, 1.165) is 47.5 Å². The lowest BCUT2D eigenvalue weighted by Gasteiger charge is -2.34. The van der Waals surface area contributed by atoms with Crippen LogP contribution < -0.4 is 14.9 Å². The highest BCUT2D eigenvalue weighted by molar-refractivity contribution is 7.99. The van der Waals surface area contributed by atoms with Gasteiger partial charge in [-0.3, -0.25) is 4.98 Å². The van der Waals surface area contributed by atoms with Gasteiger partial charge in [0.1, 0.15) is 6.23 Å². The highest BCUT2D eigenvalue weighted by Crippen LogP contribution is 2.34. The largest absolute Gasteiger partial charge is 0.481 e. The van der Waals surface area contributed by atoms with E-state index in [1.807, 2.05) is 18.2 Å². The van der Waals surface area contributed by atoms with Crippen molar-refractivity contribution in [2.45, 2.75) is 22.4 Å². The molecule has 1 saturated heterocycles. The van der Waals surface area contributed by atoms with Gasteiger partial charge in [0.25, 0.3) is 10.0 Å². The molecule has 12 heteroatoms. The second-order valence-corrected chi connectivity index (χ2v) is 11.2. The number of benzene rings is 1. The lowest BCUT2D eigenvalue weighted by atomic mass is 10.1. The van der Waals surface area contributed by atoms with Crippen LogP contribution in [0.2, 0.25) is 0 Å². The number of fused-ring (bicyclic) bond motifs is 2. The Morgan fingerprint density at radius 2 is 2.03 bits per heavy atom. The molecule has 0 bridgehead atoms. The van der Waals surface area contributed by atoms with Gasteiger partial charge in [0.15, 0.2) is 0 Å². The van der Waals surface area contributed by atoms with Crippen molar-refractivity contribution >= 4 is 38.5 Å². The van der Waals surface area contributed by atoms with Gasteiger partial charge in [-0.2, -0.15) is 0 Å². The van der Waals surface area contributed by atoms with Crippen LogP contribution in [0.1, 0.15) is 5.56 Å². The molecule has 2 aromatic heterocycles. The minimum atomic E-state index is -3.72. The number of thioether (sulfide) groups is 1. The normalized spacial score (nSPS) is 19.3. The summed E-state index contributed by atoms with van der Waals surface area (Å²) < 4.78 is 31.2. The van der Waals surface area contributed by atoms with Crippen LogP contribution in [0, 0.1) is 0 Å². The van der Waals surface area contributed by atoms with Crippen molar-refractivity contribution in [2.24, 2.45) is 0 Å². The number of nitrogens with one attached hydrogen (secondary N) is 2. The third kappa shape index (κ3) is 5.52. The second-order valence-electron chi connectivity index (χ2n) is 8.49. The first kappa shape index (κ1) is 24.2. The number of aliphatic hydroxyl groups excluding tert-OH is 1. The molecular formula is C23H28N6O4S2. The van der Waals surface area contributed by atoms with Crippen molar-refractivity contribution in [2.75, 3.05) is 50.9 Å². The Morgan fingerprint density at radius 1 is 1.20 bits per heavy atom. The van der Waals surface area contributed by atoms with Gasteiger partial charge in [0.05, 0.1) is 28.7 Å². The summed E-state index contributed by atoms with van der Waals surface area (Å²) in [5.74, 6) is 1.10. The molecule has 5 rings (SSSR count). The number of sulfonamides is 1. The molecule has 2 aliphatic heterocycles. The number of pyridine rings is 2. The van der Waals surface area contributed by atoms with Crippen molar-refractivity contribution < 1.29 is 18.3 Å². The molecular weight excluding hydrogens is 488 g/mol. The summed E-state index contributed by atoms with van der Waals surface area (Å²) in [5.41, 5.74) is 3.44. The number of hydrogen-bond donors (Lipinski definition) is 3. The zero-order valence-corrected chi connectivity index (χ0v) is 21.0. The Kier molecular flexibility index (Phi) is 7.09. The van der Waals surface area contributed by atoms with Gasteiger partial charge in [-0.15, -0.1) is 16.6 Å². The van der Waals surface area contributed by atoms with Gasteiger partial charge in [0, 0.05) is 55.6 Å². The number of hydrazine groups is 1.